The van der Waals surface area contributed by atoms with Crippen molar-refractivity contribution in [3.8, 4) is 0 Å². The summed E-state index contributed by atoms with van der Waals surface area (Å²) in [6, 6.07) is -0.654. The molecule has 2 atom stereocenters. The van der Waals surface area contributed by atoms with Gasteiger partial charge in [-0.3, -0.25) is 4.79 Å². The largest absolute Gasteiger partial charge is 0.345 e. The van der Waals surface area contributed by atoms with Gasteiger partial charge < -0.3 is 15.6 Å². The molecule has 17 heavy (non-hydrogen) atoms. The monoisotopic (exact) mass is 239 g/mol. The number of rotatable bonds is 5. The molecule has 1 unspecified atom stereocenters. The quantitative estimate of drug-likeness (QED) is 0.777. The van der Waals surface area contributed by atoms with Gasteiger partial charge in [0.25, 0.3) is 0 Å². The number of hydrogen-bond donors (Lipinski definition) is 2. The maximum absolute atomic E-state index is 11.8. The number of hydrogen-bond acceptors (Lipinski definition) is 4. The van der Waals surface area contributed by atoms with E-state index < -0.39 is 6.04 Å². The fourth-order valence-corrected chi connectivity index (χ4v) is 1.68. The molecule has 96 valence electrons. The standard InChI is InChI=1S/C11H21N5O/c1-7(2)5-9(12)11(17)14-8(3)10-15-13-6-16(10)4/h6-9H,5,12H2,1-4H3,(H,14,17)/t8?,9-/m0/s1. The number of aromatic nitrogens is 3. The zero-order chi connectivity index (χ0) is 13.0. The van der Waals surface area contributed by atoms with Crippen LogP contribution in [0.4, 0.5) is 0 Å². The van der Waals surface area contributed by atoms with Crippen molar-refractivity contribution in [1.82, 2.24) is 20.1 Å². The van der Waals surface area contributed by atoms with Gasteiger partial charge in [0.1, 0.15) is 6.33 Å². The SMILES string of the molecule is CC(C)C[C@H](N)C(=O)NC(C)c1nncn1C. The molecule has 1 aromatic heterocycles. The molecular weight excluding hydrogens is 218 g/mol. The van der Waals surface area contributed by atoms with Gasteiger partial charge in [0, 0.05) is 7.05 Å². The fraction of sp³-hybridized carbons (Fsp3) is 0.727. The molecule has 6 heteroatoms. The van der Waals surface area contributed by atoms with Crippen molar-refractivity contribution in [2.75, 3.05) is 0 Å². The summed E-state index contributed by atoms with van der Waals surface area (Å²) in [7, 11) is 1.84. The summed E-state index contributed by atoms with van der Waals surface area (Å²) in [4.78, 5) is 11.8. The molecule has 3 N–H and O–H groups in total. The number of nitrogens with two attached hydrogens (primary N) is 1. The smallest absolute Gasteiger partial charge is 0.237 e. The Morgan fingerprint density at radius 1 is 1.53 bits per heavy atom. The van der Waals surface area contributed by atoms with E-state index in [4.69, 9.17) is 5.73 Å². The molecule has 0 saturated heterocycles. The highest BCUT2D eigenvalue weighted by atomic mass is 16.2. The van der Waals surface area contributed by atoms with E-state index in [-0.39, 0.29) is 11.9 Å². The van der Waals surface area contributed by atoms with Crippen LogP contribution in [-0.2, 0) is 11.8 Å². The average molecular weight is 239 g/mol. The zero-order valence-corrected chi connectivity index (χ0v) is 10.8. The highest BCUT2D eigenvalue weighted by Gasteiger charge is 2.19. The minimum absolute atomic E-state index is 0.144. The third kappa shape index (κ3) is 3.81. The second-order valence-corrected chi connectivity index (χ2v) is 4.77. The Morgan fingerprint density at radius 3 is 2.65 bits per heavy atom. The Morgan fingerprint density at radius 2 is 2.18 bits per heavy atom. The molecule has 0 aliphatic rings. The van der Waals surface area contributed by atoms with Gasteiger partial charge in [0.2, 0.25) is 5.91 Å². The molecule has 1 heterocycles. The first-order valence-corrected chi connectivity index (χ1v) is 5.81. The van der Waals surface area contributed by atoms with Crippen molar-refractivity contribution in [2.45, 2.75) is 39.3 Å². The molecule has 0 radical (unpaired) electrons. The maximum Gasteiger partial charge on any atom is 0.237 e. The van der Waals surface area contributed by atoms with Crippen molar-refractivity contribution in [3.63, 3.8) is 0 Å². The van der Waals surface area contributed by atoms with Crippen LogP contribution in [0.5, 0.6) is 0 Å². The summed E-state index contributed by atoms with van der Waals surface area (Å²) >= 11 is 0. The summed E-state index contributed by atoms with van der Waals surface area (Å²) in [5, 5.41) is 10.6. The van der Waals surface area contributed by atoms with E-state index in [1.807, 2.05) is 27.8 Å². The molecule has 1 aromatic rings. The van der Waals surface area contributed by atoms with Crippen LogP contribution in [0.25, 0.3) is 0 Å². The minimum Gasteiger partial charge on any atom is -0.345 e. The van der Waals surface area contributed by atoms with E-state index >= 15 is 0 Å². The average Bonchev–Trinajstić information content (AvgIpc) is 2.63. The highest BCUT2D eigenvalue weighted by molar-refractivity contribution is 5.81. The summed E-state index contributed by atoms with van der Waals surface area (Å²) in [5.41, 5.74) is 5.80. The zero-order valence-electron chi connectivity index (χ0n) is 10.8. The van der Waals surface area contributed by atoms with Crippen LogP contribution in [0.1, 0.15) is 39.1 Å². The fourth-order valence-electron chi connectivity index (χ4n) is 1.68. The molecule has 0 aliphatic carbocycles. The second-order valence-electron chi connectivity index (χ2n) is 4.77. The van der Waals surface area contributed by atoms with Crippen LogP contribution in [0.3, 0.4) is 0 Å². The number of carbonyl (C=O) groups excluding carboxylic acids is 1. The second kappa shape index (κ2) is 5.77. The molecule has 0 aromatic carbocycles. The van der Waals surface area contributed by atoms with E-state index in [1.54, 1.807) is 10.9 Å². The first kappa shape index (κ1) is 13.6. The van der Waals surface area contributed by atoms with E-state index in [0.29, 0.717) is 12.3 Å². The highest BCUT2D eigenvalue weighted by Crippen LogP contribution is 2.09. The molecule has 1 amide bonds. The first-order valence-electron chi connectivity index (χ1n) is 5.81. The van der Waals surface area contributed by atoms with Gasteiger partial charge in [0.15, 0.2) is 5.82 Å². The number of nitrogens with zero attached hydrogens (tertiary/aromatic N) is 3. The lowest BCUT2D eigenvalue weighted by Crippen LogP contribution is -2.42. The number of aryl methyl sites for hydroxylation is 1. The number of nitrogens with one attached hydrogen (secondary N) is 1. The first-order chi connectivity index (χ1) is 7.91. The van der Waals surface area contributed by atoms with Gasteiger partial charge in [0.05, 0.1) is 12.1 Å². The van der Waals surface area contributed by atoms with Crippen LogP contribution < -0.4 is 11.1 Å². The van der Waals surface area contributed by atoms with Gasteiger partial charge in [-0.2, -0.15) is 0 Å². The van der Waals surface area contributed by atoms with Crippen molar-refractivity contribution in [2.24, 2.45) is 18.7 Å². The van der Waals surface area contributed by atoms with Crippen LogP contribution in [0.2, 0.25) is 0 Å². The maximum atomic E-state index is 11.8. The van der Waals surface area contributed by atoms with Gasteiger partial charge in [-0.05, 0) is 19.3 Å². The van der Waals surface area contributed by atoms with E-state index in [9.17, 15) is 4.79 Å². The normalized spacial score (nSPS) is 14.7. The van der Waals surface area contributed by atoms with Crippen LogP contribution in [0, 0.1) is 5.92 Å². The molecule has 0 aliphatic heterocycles. The Balaban J connectivity index is 2.54. The molecule has 0 spiro atoms. The van der Waals surface area contributed by atoms with E-state index in [2.05, 4.69) is 15.5 Å². The summed E-state index contributed by atoms with van der Waals surface area (Å²) in [6.45, 7) is 5.95. The number of carbonyl (C=O) groups is 1. The molecule has 0 fully saturated rings. The number of amides is 1. The Labute approximate surface area is 102 Å². The van der Waals surface area contributed by atoms with Crippen LogP contribution in [-0.4, -0.2) is 26.7 Å². The van der Waals surface area contributed by atoms with Crippen molar-refractivity contribution in [3.05, 3.63) is 12.2 Å². The Hall–Kier alpha value is -1.43. The minimum atomic E-state index is -0.467. The van der Waals surface area contributed by atoms with Crippen LogP contribution in [0.15, 0.2) is 6.33 Å². The third-order valence-corrected chi connectivity index (χ3v) is 2.55. The van der Waals surface area contributed by atoms with Gasteiger partial charge in [-0.25, -0.2) is 0 Å². The predicted octanol–water partition coefficient (Wildman–Crippen LogP) is 0.366. The lowest BCUT2D eigenvalue weighted by Gasteiger charge is -2.18. The van der Waals surface area contributed by atoms with E-state index in [0.717, 1.165) is 5.82 Å². The van der Waals surface area contributed by atoms with Crippen LogP contribution >= 0.6 is 0 Å². The van der Waals surface area contributed by atoms with Gasteiger partial charge in [-0.15, -0.1) is 10.2 Å². The third-order valence-electron chi connectivity index (χ3n) is 2.55. The summed E-state index contributed by atoms with van der Waals surface area (Å²) in [5.74, 6) is 0.977. The van der Waals surface area contributed by atoms with E-state index in [1.165, 1.54) is 0 Å². The Bertz CT molecular complexity index is 374. The lowest BCUT2D eigenvalue weighted by molar-refractivity contribution is -0.123. The van der Waals surface area contributed by atoms with Gasteiger partial charge in [-0.1, -0.05) is 13.8 Å². The van der Waals surface area contributed by atoms with Crippen molar-refractivity contribution in [1.29, 1.82) is 0 Å². The summed E-state index contributed by atoms with van der Waals surface area (Å²) in [6.07, 6.45) is 2.28. The lowest BCUT2D eigenvalue weighted by atomic mass is 10.0. The predicted molar refractivity (Wildman–Crippen MR) is 65.0 cm³/mol. The van der Waals surface area contributed by atoms with Gasteiger partial charge >= 0.3 is 0 Å². The molecule has 6 nitrogen and oxygen atoms in total. The molecule has 0 bridgehead atoms. The topological polar surface area (TPSA) is 85.8 Å². The van der Waals surface area contributed by atoms with Crippen molar-refractivity contribution >= 4 is 5.91 Å². The molecule has 1 rings (SSSR count). The van der Waals surface area contributed by atoms with Crippen molar-refractivity contribution < 1.29 is 4.79 Å². The Kier molecular flexibility index (Phi) is 4.62. The summed E-state index contributed by atoms with van der Waals surface area (Å²) < 4.78 is 1.78. The molecule has 0 saturated carbocycles. The molecular formula is C11H21N5O.